The van der Waals surface area contributed by atoms with Gasteiger partial charge in [-0.3, -0.25) is 0 Å². The maximum absolute atomic E-state index is 6.08. The largest absolute Gasteiger partial charge is 0.331 e. The molecule has 0 aliphatic heterocycles. The molecular weight excluding hydrogens is 348 g/mol. The summed E-state index contributed by atoms with van der Waals surface area (Å²) in [7, 11) is 0. The third kappa shape index (κ3) is 3.58. The van der Waals surface area contributed by atoms with Gasteiger partial charge in [-0.25, -0.2) is 4.98 Å². The third-order valence-corrected chi connectivity index (χ3v) is 5.04. The van der Waals surface area contributed by atoms with E-state index >= 15 is 0 Å². The molecule has 0 atom stereocenters. The molecule has 3 aromatic carbocycles. The van der Waals surface area contributed by atoms with Crippen molar-refractivity contribution in [1.29, 1.82) is 0 Å². The molecule has 1 heterocycles. The van der Waals surface area contributed by atoms with Crippen LogP contribution in [0, 0.1) is 0 Å². The SMILES string of the molecule is Clc1cccc(Nc2nc(-c3ccccc3)c(-c3ccccc3)s2)c1. The molecule has 4 rings (SSSR count). The van der Waals surface area contributed by atoms with Crippen LogP contribution in [0.3, 0.4) is 0 Å². The fraction of sp³-hybridized carbons (Fsp3) is 0. The lowest BCUT2D eigenvalue weighted by Gasteiger charge is -2.02. The Kier molecular flexibility index (Phi) is 4.51. The molecule has 2 nitrogen and oxygen atoms in total. The zero-order valence-electron chi connectivity index (χ0n) is 13.3. The molecule has 0 fully saturated rings. The lowest BCUT2D eigenvalue weighted by atomic mass is 10.1. The van der Waals surface area contributed by atoms with E-state index in [0.717, 1.165) is 32.5 Å². The molecule has 0 radical (unpaired) electrons. The first-order valence-corrected chi connectivity index (χ1v) is 9.13. The van der Waals surface area contributed by atoms with E-state index in [-0.39, 0.29) is 0 Å². The van der Waals surface area contributed by atoms with Crippen LogP contribution in [0.15, 0.2) is 84.9 Å². The topological polar surface area (TPSA) is 24.9 Å². The van der Waals surface area contributed by atoms with Crippen LogP contribution in [-0.4, -0.2) is 4.98 Å². The smallest absolute Gasteiger partial charge is 0.188 e. The number of benzene rings is 3. The van der Waals surface area contributed by atoms with Gasteiger partial charge in [0.25, 0.3) is 0 Å². The van der Waals surface area contributed by atoms with E-state index in [1.807, 2.05) is 60.7 Å². The van der Waals surface area contributed by atoms with Crippen LogP contribution in [0.5, 0.6) is 0 Å². The molecule has 4 aromatic rings. The normalized spacial score (nSPS) is 10.6. The van der Waals surface area contributed by atoms with Gasteiger partial charge in [-0.05, 0) is 23.8 Å². The number of nitrogens with zero attached hydrogens (tertiary/aromatic N) is 1. The van der Waals surface area contributed by atoms with Gasteiger partial charge in [0.1, 0.15) is 0 Å². The van der Waals surface area contributed by atoms with Gasteiger partial charge >= 0.3 is 0 Å². The van der Waals surface area contributed by atoms with Gasteiger partial charge in [0, 0.05) is 16.3 Å². The van der Waals surface area contributed by atoms with Crippen LogP contribution in [0.25, 0.3) is 21.7 Å². The number of hydrogen-bond acceptors (Lipinski definition) is 3. The summed E-state index contributed by atoms with van der Waals surface area (Å²) in [6.45, 7) is 0. The molecule has 1 N–H and O–H groups in total. The number of hydrogen-bond donors (Lipinski definition) is 1. The number of rotatable bonds is 4. The van der Waals surface area contributed by atoms with Crippen molar-refractivity contribution in [3.8, 4) is 21.7 Å². The van der Waals surface area contributed by atoms with Crippen molar-refractivity contribution in [3.63, 3.8) is 0 Å². The van der Waals surface area contributed by atoms with Gasteiger partial charge in [0.2, 0.25) is 0 Å². The fourth-order valence-corrected chi connectivity index (χ4v) is 3.84. The van der Waals surface area contributed by atoms with Crippen LogP contribution in [0.2, 0.25) is 5.02 Å². The van der Waals surface area contributed by atoms with Crippen LogP contribution in [0.4, 0.5) is 10.8 Å². The molecular formula is C21H15ClN2S. The van der Waals surface area contributed by atoms with Crippen molar-refractivity contribution < 1.29 is 0 Å². The predicted molar refractivity (Wildman–Crippen MR) is 108 cm³/mol. The number of halogens is 1. The highest BCUT2D eigenvalue weighted by atomic mass is 35.5. The maximum atomic E-state index is 6.08. The molecule has 0 saturated heterocycles. The Morgan fingerprint density at radius 2 is 1.44 bits per heavy atom. The first-order valence-electron chi connectivity index (χ1n) is 7.94. The minimum absolute atomic E-state index is 0.702. The predicted octanol–water partition coefficient (Wildman–Crippen LogP) is 6.87. The van der Waals surface area contributed by atoms with Crippen molar-refractivity contribution in [2.75, 3.05) is 5.32 Å². The summed E-state index contributed by atoms with van der Waals surface area (Å²) in [6, 6.07) is 28.3. The first-order chi connectivity index (χ1) is 12.3. The van der Waals surface area contributed by atoms with Gasteiger partial charge in [-0.2, -0.15) is 0 Å². The maximum Gasteiger partial charge on any atom is 0.188 e. The highest BCUT2D eigenvalue weighted by molar-refractivity contribution is 7.19. The molecule has 0 amide bonds. The molecule has 122 valence electrons. The van der Waals surface area contributed by atoms with Crippen LogP contribution >= 0.6 is 22.9 Å². The van der Waals surface area contributed by atoms with Crippen molar-refractivity contribution >= 4 is 33.8 Å². The summed E-state index contributed by atoms with van der Waals surface area (Å²) in [6.07, 6.45) is 0. The average molecular weight is 363 g/mol. The van der Waals surface area contributed by atoms with E-state index in [2.05, 4.69) is 29.6 Å². The second-order valence-electron chi connectivity index (χ2n) is 5.56. The number of nitrogens with one attached hydrogen (secondary N) is 1. The number of aromatic nitrogens is 1. The number of thiazole rings is 1. The summed E-state index contributed by atoms with van der Waals surface area (Å²) in [5.41, 5.74) is 4.19. The Labute approximate surface area is 155 Å². The highest BCUT2D eigenvalue weighted by Gasteiger charge is 2.15. The molecule has 0 aliphatic rings. The lowest BCUT2D eigenvalue weighted by Crippen LogP contribution is -1.89. The van der Waals surface area contributed by atoms with E-state index in [1.165, 1.54) is 0 Å². The Morgan fingerprint density at radius 3 is 2.12 bits per heavy atom. The monoisotopic (exact) mass is 362 g/mol. The van der Waals surface area contributed by atoms with Gasteiger partial charge in [-0.15, -0.1) is 0 Å². The summed E-state index contributed by atoms with van der Waals surface area (Å²) in [5.74, 6) is 0. The summed E-state index contributed by atoms with van der Waals surface area (Å²) in [5, 5.41) is 4.92. The second-order valence-corrected chi connectivity index (χ2v) is 7.00. The lowest BCUT2D eigenvalue weighted by molar-refractivity contribution is 1.38. The molecule has 0 bridgehead atoms. The second kappa shape index (κ2) is 7.09. The minimum atomic E-state index is 0.702. The zero-order valence-corrected chi connectivity index (χ0v) is 14.9. The standard InChI is InChI=1S/C21H15ClN2S/c22-17-12-7-13-18(14-17)23-21-24-19(15-8-3-1-4-9-15)20(25-21)16-10-5-2-6-11-16/h1-14H,(H,23,24). The average Bonchev–Trinajstić information content (AvgIpc) is 3.07. The Balaban J connectivity index is 1.78. The van der Waals surface area contributed by atoms with Crippen LogP contribution in [0.1, 0.15) is 0 Å². The van der Waals surface area contributed by atoms with E-state index in [0.29, 0.717) is 5.02 Å². The molecule has 0 spiro atoms. The van der Waals surface area contributed by atoms with Gasteiger partial charge in [-0.1, -0.05) is 89.7 Å². The van der Waals surface area contributed by atoms with Crippen molar-refractivity contribution in [2.45, 2.75) is 0 Å². The van der Waals surface area contributed by atoms with E-state index < -0.39 is 0 Å². The highest BCUT2D eigenvalue weighted by Crippen LogP contribution is 2.39. The molecule has 0 saturated carbocycles. The third-order valence-electron chi connectivity index (χ3n) is 3.79. The van der Waals surface area contributed by atoms with E-state index in [4.69, 9.17) is 16.6 Å². The van der Waals surface area contributed by atoms with Gasteiger partial charge in [0.15, 0.2) is 5.13 Å². The van der Waals surface area contributed by atoms with Crippen molar-refractivity contribution in [2.24, 2.45) is 0 Å². The molecule has 25 heavy (non-hydrogen) atoms. The fourth-order valence-electron chi connectivity index (χ4n) is 2.64. The first kappa shape index (κ1) is 15.9. The van der Waals surface area contributed by atoms with Crippen molar-refractivity contribution in [1.82, 2.24) is 4.98 Å². The zero-order chi connectivity index (χ0) is 17.1. The quantitative estimate of drug-likeness (QED) is 0.428. The Bertz CT molecular complexity index is 924. The molecule has 1 aromatic heterocycles. The Morgan fingerprint density at radius 1 is 0.760 bits per heavy atom. The summed E-state index contributed by atoms with van der Waals surface area (Å²) >= 11 is 7.73. The molecule has 4 heteroatoms. The van der Waals surface area contributed by atoms with E-state index in [9.17, 15) is 0 Å². The summed E-state index contributed by atoms with van der Waals surface area (Å²) in [4.78, 5) is 6.00. The van der Waals surface area contributed by atoms with Gasteiger partial charge in [0.05, 0.1) is 10.6 Å². The summed E-state index contributed by atoms with van der Waals surface area (Å²) < 4.78 is 0. The minimum Gasteiger partial charge on any atom is -0.331 e. The van der Waals surface area contributed by atoms with Crippen molar-refractivity contribution in [3.05, 3.63) is 90.0 Å². The molecule has 0 aliphatic carbocycles. The Hall–Kier alpha value is -2.62. The van der Waals surface area contributed by atoms with Crippen LogP contribution in [-0.2, 0) is 0 Å². The number of anilines is 2. The van der Waals surface area contributed by atoms with E-state index in [1.54, 1.807) is 11.3 Å². The van der Waals surface area contributed by atoms with Crippen LogP contribution < -0.4 is 5.32 Å². The molecule has 0 unspecified atom stereocenters. The van der Waals surface area contributed by atoms with Gasteiger partial charge < -0.3 is 5.32 Å².